The highest BCUT2D eigenvalue weighted by Crippen LogP contribution is 2.40. The lowest BCUT2D eigenvalue weighted by Gasteiger charge is -2.28. The zero-order chi connectivity index (χ0) is 28.8. The fraction of sp³-hybridized carbons (Fsp3) is 0.375. The Hall–Kier alpha value is -3.32. The van der Waals surface area contributed by atoms with Crippen molar-refractivity contribution < 1.29 is 19.4 Å². The number of ether oxygens (including phenoxy) is 2. The highest BCUT2D eigenvalue weighted by Gasteiger charge is 2.26. The first-order valence-corrected chi connectivity index (χ1v) is 13.8. The Labute approximate surface area is 240 Å². The van der Waals surface area contributed by atoms with E-state index in [2.05, 4.69) is 68.0 Å². The normalized spacial score (nSPS) is 12.0. The summed E-state index contributed by atoms with van der Waals surface area (Å²) in [5.41, 5.74) is 6.67. The molecule has 6 nitrogen and oxygen atoms in total. The smallest absolute Gasteiger partial charge is 0.240 e. The molecule has 0 unspecified atom stereocenters. The lowest BCUT2D eigenvalue weighted by Crippen LogP contribution is -2.20. The number of aromatic hydroxyl groups is 1. The SMILES string of the molecule is COc1cccc(/C=N\NC(=O)CCc2cc(C(C)(C)C)c(O)c(C(C)(C)C)c2)c1OCc1ccc(Br)cc1. The van der Waals surface area contributed by atoms with Gasteiger partial charge in [-0.3, -0.25) is 4.79 Å². The van der Waals surface area contributed by atoms with Crippen LogP contribution >= 0.6 is 15.9 Å². The first kappa shape index (κ1) is 30.2. The first-order valence-electron chi connectivity index (χ1n) is 13.0. The summed E-state index contributed by atoms with van der Waals surface area (Å²) in [5, 5.41) is 15.1. The first-order chi connectivity index (χ1) is 18.3. The number of rotatable bonds is 9. The fourth-order valence-corrected chi connectivity index (χ4v) is 4.42. The second-order valence-electron chi connectivity index (χ2n) is 11.6. The Morgan fingerprint density at radius 3 is 2.15 bits per heavy atom. The van der Waals surface area contributed by atoms with Crippen molar-refractivity contribution in [2.24, 2.45) is 5.10 Å². The summed E-state index contributed by atoms with van der Waals surface area (Å²) in [5.74, 6) is 1.27. The molecule has 208 valence electrons. The predicted octanol–water partition coefficient (Wildman–Crippen LogP) is 7.42. The molecule has 7 heteroatoms. The van der Waals surface area contributed by atoms with Crippen molar-refractivity contribution in [3.63, 3.8) is 0 Å². The van der Waals surface area contributed by atoms with Crippen molar-refractivity contribution >= 4 is 28.1 Å². The number of carbonyl (C=O) groups excluding carboxylic acids is 1. The van der Waals surface area contributed by atoms with Crippen LogP contribution in [0.5, 0.6) is 17.2 Å². The van der Waals surface area contributed by atoms with Gasteiger partial charge in [-0.1, -0.05) is 87.8 Å². The van der Waals surface area contributed by atoms with Crippen LogP contribution in [0, 0.1) is 0 Å². The van der Waals surface area contributed by atoms with Gasteiger partial charge >= 0.3 is 0 Å². The van der Waals surface area contributed by atoms with E-state index in [9.17, 15) is 9.90 Å². The Morgan fingerprint density at radius 2 is 1.59 bits per heavy atom. The van der Waals surface area contributed by atoms with E-state index < -0.39 is 0 Å². The number of carbonyl (C=O) groups is 1. The van der Waals surface area contributed by atoms with E-state index in [1.807, 2.05) is 54.6 Å². The van der Waals surface area contributed by atoms with E-state index in [-0.39, 0.29) is 23.2 Å². The summed E-state index contributed by atoms with van der Waals surface area (Å²) in [4.78, 5) is 12.6. The third-order valence-corrected chi connectivity index (χ3v) is 6.87. The van der Waals surface area contributed by atoms with E-state index in [4.69, 9.17) is 9.47 Å². The summed E-state index contributed by atoms with van der Waals surface area (Å²) < 4.78 is 12.6. The molecule has 3 aromatic rings. The topological polar surface area (TPSA) is 80.2 Å². The van der Waals surface area contributed by atoms with Crippen LogP contribution in [0.3, 0.4) is 0 Å². The molecule has 0 saturated heterocycles. The molecule has 0 radical (unpaired) electrons. The number of nitrogens with one attached hydrogen (secondary N) is 1. The predicted molar refractivity (Wildman–Crippen MR) is 161 cm³/mol. The number of nitrogens with zero attached hydrogens (tertiary/aromatic N) is 1. The standard InChI is InChI=1S/C32H39BrN2O4/c1-31(2,3)25-17-22(18-26(29(25)37)32(4,5)6)13-16-28(36)35-34-19-23-9-8-10-27(38-7)30(23)39-20-21-11-14-24(33)15-12-21/h8-12,14-15,17-19,37H,13,16,20H2,1-7H3,(H,35,36)/b34-19-. The molecule has 0 aliphatic carbocycles. The number of phenolic OH excluding ortho intramolecular Hbond substituents is 1. The van der Waals surface area contributed by atoms with E-state index in [1.165, 1.54) is 0 Å². The zero-order valence-electron chi connectivity index (χ0n) is 23.9. The van der Waals surface area contributed by atoms with Crippen molar-refractivity contribution in [3.05, 3.63) is 86.9 Å². The molecule has 39 heavy (non-hydrogen) atoms. The van der Waals surface area contributed by atoms with E-state index in [1.54, 1.807) is 13.3 Å². The van der Waals surface area contributed by atoms with Gasteiger partial charge in [0.05, 0.1) is 13.3 Å². The monoisotopic (exact) mass is 594 g/mol. The van der Waals surface area contributed by atoms with Gasteiger partial charge in [-0.15, -0.1) is 0 Å². The third-order valence-electron chi connectivity index (χ3n) is 6.35. The van der Waals surface area contributed by atoms with E-state index in [0.29, 0.717) is 35.8 Å². The van der Waals surface area contributed by atoms with Crippen LogP contribution in [0.15, 0.2) is 64.2 Å². The quantitative estimate of drug-likeness (QED) is 0.199. The van der Waals surface area contributed by atoms with Gasteiger partial charge in [0, 0.05) is 16.5 Å². The van der Waals surface area contributed by atoms with Gasteiger partial charge in [0.15, 0.2) is 11.5 Å². The average Bonchev–Trinajstić information content (AvgIpc) is 2.86. The second-order valence-corrected chi connectivity index (χ2v) is 12.5. The molecular weight excluding hydrogens is 556 g/mol. The number of hydrazone groups is 1. The maximum absolute atomic E-state index is 12.6. The third kappa shape index (κ3) is 8.33. The molecular formula is C32H39BrN2O4. The number of hydrogen-bond acceptors (Lipinski definition) is 5. The molecule has 0 fully saturated rings. The van der Waals surface area contributed by atoms with Gasteiger partial charge in [0.1, 0.15) is 12.4 Å². The van der Waals surface area contributed by atoms with Crippen LogP contribution < -0.4 is 14.9 Å². The summed E-state index contributed by atoms with van der Waals surface area (Å²) in [7, 11) is 1.59. The van der Waals surface area contributed by atoms with Gasteiger partial charge in [-0.05, 0) is 63.8 Å². The van der Waals surface area contributed by atoms with Crippen LogP contribution in [0.25, 0.3) is 0 Å². The minimum absolute atomic E-state index is 0.200. The fourth-order valence-electron chi connectivity index (χ4n) is 4.16. The molecule has 3 rings (SSSR count). The van der Waals surface area contributed by atoms with Gasteiger partial charge in [-0.25, -0.2) is 5.43 Å². The number of halogens is 1. The van der Waals surface area contributed by atoms with Crippen LogP contribution in [-0.4, -0.2) is 24.3 Å². The maximum Gasteiger partial charge on any atom is 0.240 e. The molecule has 2 N–H and O–H groups in total. The lowest BCUT2D eigenvalue weighted by molar-refractivity contribution is -0.121. The number of para-hydroxylation sites is 1. The van der Waals surface area contributed by atoms with Crippen LogP contribution in [-0.2, 0) is 28.7 Å². The Balaban J connectivity index is 1.69. The van der Waals surface area contributed by atoms with E-state index in [0.717, 1.165) is 26.7 Å². The molecule has 0 aliphatic heterocycles. The molecule has 0 atom stereocenters. The molecule has 0 heterocycles. The zero-order valence-corrected chi connectivity index (χ0v) is 25.5. The molecule has 0 aromatic heterocycles. The average molecular weight is 596 g/mol. The summed E-state index contributed by atoms with van der Waals surface area (Å²) in [6.45, 7) is 12.8. The number of methoxy groups -OCH3 is 1. The highest BCUT2D eigenvalue weighted by molar-refractivity contribution is 9.10. The van der Waals surface area contributed by atoms with Crippen LogP contribution in [0.4, 0.5) is 0 Å². The van der Waals surface area contributed by atoms with Gasteiger partial charge in [0.2, 0.25) is 5.91 Å². The number of aryl methyl sites for hydroxylation is 1. The van der Waals surface area contributed by atoms with Crippen molar-refractivity contribution in [3.8, 4) is 17.2 Å². The molecule has 0 saturated carbocycles. The Morgan fingerprint density at radius 1 is 0.974 bits per heavy atom. The summed E-state index contributed by atoms with van der Waals surface area (Å²) in [6, 6.07) is 17.4. The van der Waals surface area contributed by atoms with Crippen molar-refractivity contribution in [2.45, 2.75) is 71.8 Å². The number of benzene rings is 3. The molecule has 1 amide bonds. The van der Waals surface area contributed by atoms with E-state index >= 15 is 0 Å². The Bertz CT molecular complexity index is 1280. The molecule has 0 bridgehead atoms. The largest absolute Gasteiger partial charge is 0.507 e. The summed E-state index contributed by atoms with van der Waals surface area (Å²) >= 11 is 3.44. The number of amides is 1. The second kappa shape index (κ2) is 12.7. The number of hydrogen-bond donors (Lipinski definition) is 2. The maximum atomic E-state index is 12.6. The van der Waals surface area contributed by atoms with Crippen molar-refractivity contribution in [2.75, 3.05) is 7.11 Å². The van der Waals surface area contributed by atoms with Crippen LogP contribution in [0.2, 0.25) is 0 Å². The minimum atomic E-state index is -0.222. The highest BCUT2D eigenvalue weighted by atomic mass is 79.9. The molecule has 3 aromatic carbocycles. The van der Waals surface area contributed by atoms with Crippen molar-refractivity contribution in [1.82, 2.24) is 5.43 Å². The number of phenols is 1. The molecule has 0 spiro atoms. The van der Waals surface area contributed by atoms with Gasteiger partial charge in [-0.2, -0.15) is 5.10 Å². The summed E-state index contributed by atoms with van der Waals surface area (Å²) in [6.07, 6.45) is 2.36. The van der Waals surface area contributed by atoms with Gasteiger partial charge in [0.25, 0.3) is 0 Å². The van der Waals surface area contributed by atoms with Crippen molar-refractivity contribution in [1.29, 1.82) is 0 Å². The Kier molecular flexibility index (Phi) is 9.83. The lowest BCUT2D eigenvalue weighted by atomic mass is 9.78. The molecule has 0 aliphatic rings. The minimum Gasteiger partial charge on any atom is -0.507 e. The van der Waals surface area contributed by atoms with Gasteiger partial charge < -0.3 is 14.6 Å². The van der Waals surface area contributed by atoms with Crippen LogP contribution in [0.1, 0.15) is 75.8 Å².